The molecule has 1 unspecified atom stereocenters. The predicted molar refractivity (Wildman–Crippen MR) is 59.7 cm³/mol. The van der Waals surface area contributed by atoms with Gasteiger partial charge in [0.25, 0.3) is 0 Å². The van der Waals surface area contributed by atoms with Crippen LogP contribution in [0.1, 0.15) is 31.4 Å². The second-order valence-corrected chi connectivity index (χ2v) is 3.63. The Balaban J connectivity index is 2.69. The molecule has 2 N–H and O–H groups in total. The fraction of sp³-hybridized carbons (Fsp3) is 0.417. The first-order valence-electron chi connectivity index (χ1n) is 5.36. The second kappa shape index (κ2) is 6.23. The Bertz CT molecular complexity index is 337. The minimum atomic E-state index is -0.942. The highest BCUT2D eigenvalue weighted by Crippen LogP contribution is 2.13. The molecule has 0 saturated heterocycles. The summed E-state index contributed by atoms with van der Waals surface area (Å²) in [5, 5.41) is 12.0. The SMILES string of the molecule is CCCCNC(C(=O)O)c1ccc(F)cc1. The molecular weight excluding hydrogens is 209 g/mol. The quantitative estimate of drug-likeness (QED) is 0.730. The number of hydrogen-bond acceptors (Lipinski definition) is 2. The minimum absolute atomic E-state index is 0.360. The van der Waals surface area contributed by atoms with E-state index in [2.05, 4.69) is 5.32 Å². The normalized spacial score (nSPS) is 12.4. The molecule has 1 aromatic rings. The molecule has 4 heteroatoms. The number of carboxylic acids is 1. The number of carboxylic acid groups (broad SMARTS) is 1. The lowest BCUT2D eigenvalue weighted by Crippen LogP contribution is -2.29. The Morgan fingerprint density at radius 1 is 1.44 bits per heavy atom. The summed E-state index contributed by atoms with van der Waals surface area (Å²) in [7, 11) is 0. The molecule has 0 spiro atoms. The summed E-state index contributed by atoms with van der Waals surface area (Å²) >= 11 is 0. The zero-order chi connectivity index (χ0) is 12.0. The zero-order valence-electron chi connectivity index (χ0n) is 9.24. The number of nitrogens with one attached hydrogen (secondary N) is 1. The van der Waals surface area contributed by atoms with E-state index in [-0.39, 0.29) is 5.82 Å². The minimum Gasteiger partial charge on any atom is -0.480 e. The average Bonchev–Trinajstić information content (AvgIpc) is 2.26. The maximum atomic E-state index is 12.7. The lowest BCUT2D eigenvalue weighted by atomic mass is 10.1. The van der Waals surface area contributed by atoms with Crippen LogP contribution in [0.2, 0.25) is 0 Å². The van der Waals surface area contributed by atoms with Gasteiger partial charge in [0.15, 0.2) is 0 Å². The van der Waals surface area contributed by atoms with E-state index >= 15 is 0 Å². The van der Waals surface area contributed by atoms with Gasteiger partial charge in [0.1, 0.15) is 11.9 Å². The third-order valence-corrected chi connectivity index (χ3v) is 2.33. The molecule has 0 radical (unpaired) electrons. The molecule has 0 fully saturated rings. The molecule has 88 valence electrons. The Morgan fingerprint density at radius 2 is 2.06 bits per heavy atom. The molecule has 1 aromatic carbocycles. The maximum absolute atomic E-state index is 12.7. The van der Waals surface area contributed by atoms with E-state index < -0.39 is 12.0 Å². The lowest BCUT2D eigenvalue weighted by Gasteiger charge is -2.14. The van der Waals surface area contributed by atoms with Gasteiger partial charge >= 0.3 is 5.97 Å². The van der Waals surface area contributed by atoms with Crippen LogP contribution >= 0.6 is 0 Å². The van der Waals surface area contributed by atoms with Crippen molar-refractivity contribution in [1.82, 2.24) is 5.32 Å². The second-order valence-electron chi connectivity index (χ2n) is 3.63. The van der Waals surface area contributed by atoms with E-state index in [9.17, 15) is 9.18 Å². The first-order chi connectivity index (χ1) is 7.65. The summed E-state index contributed by atoms with van der Waals surface area (Å²) in [5.41, 5.74) is 0.574. The van der Waals surface area contributed by atoms with Gasteiger partial charge in [-0.25, -0.2) is 4.39 Å². The maximum Gasteiger partial charge on any atom is 0.325 e. The number of aliphatic carboxylic acids is 1. The molecular formula is C12H16FNO2. The van der Waals surface area contributed by atoms with E-state index in [0.717, 1.165) is 12.8 Å². The van der Waals surface area contributed by atoms with Crippen LogP contribution in [0.5, 0.6) is 0 Å². The Labute approximate surface area is 94.3 Å². The third kappa shape index (κ3) is 3.62. The van der Waals surface area contributed by atoms with Crippen molar-refractivity contribution >= 4 is 5.97 Å². The van der Waals surface area contributed by atoms with E-state index in [0.29, 0.717) is 12.1 Å². The monoisotopic (exact) mass is 225 g/mol. The van der Waals surface area contributed by atoms with Crippen LogP contribution in [0, 0.1) is 5.82 Å². The third-order valence-electron chi connectivity index (χ3n) is 2.33. The van der Waals surface area contributed by atoms with Crippen LogP contribution in [0.25, 0.3) is 0 Å². The van der Waals surface area contributed by atoms with Crippen molar-refractivity contribution < 1.29 is 14.3 Å². The Morgan fingerprint density at radius 3 is 2.56 bits per heavy atom. The predicted octanol–water partition coefficient (Wildman–Crippen LogP) is 2.34. The molecule has 0 heterocycles. The van der Waals surface area contributed by atoms with Crippen molar-refractivity contribution in [2.45, 2.75) is 25.8 Å². The summed E-state index contributed by atoms with van der Waals surface area (Å²) in [5.74, 6) is -1.30. The lowest BCUT2D eigenvalue weighted by molar-refractivity contribution is -0.139. The topological polar surface area (TPSA) is 49.3 Å². The number of benzene rings is 1. The van der Waals surface area contributed by atoms with Gasteiger partial charge < -0.3 is 10.4 Å². The Kier molecular flexibility index (Phi) is 4.92. The molecule has 16 heavy (non-hydrogen) atoms. The van der Waals surface area contributed by atoms with Crippen LogP contribution in [-0.4, -0.2) is 17.6 Å². The molecule has 1 atom stereocenters. The van der Waals surface area contributed by atoms with Crippen molar-refractivity contribution in [3.63, 3.8) is 0 Å². The van der Waals surface area contributed by atoms with Gasteiger partial charge in [-0.15, -0.1) is 0 Å². The summed E-state index contributed by atoms with van der Waals surface area (Å²) in [6, 6.07) is 4.77. The van der Waals surface area contributed by atoms with Crippen molar-refractivity contribution in [2.24, 2.45) is 0 Å². The standard InChI is InChI=1S/C12H16FNO2/c1-2-3-8-14-11(12(15)16)9-4-6-10(13)7-5-9/h4-7,11,14H,2-3,8H2,1H3,(H,15,16). The van der Waals surface area contributed by atoms with Gasteiger partial charge in [0.2, 0.25) is 0 Å². The van der Waals surface area contributed by atoms with Crippen molar-refractivity contribution in [2.75, 3.05) is 6.54 Å². The molecule has 1 rings (SSSR count). The van der Waals surface area contributed by atoms with E-state index in [1.54, 1.807) is 0 Å². The molecule has 0 amide bonds. The smallest absolute Gasteiger partial charge is 0.325 e. The number of rotatable bonds is 6. The molecule has 0 aliphatic carbocycles. The highest BCUT2D eigenvalue weighted by molar-refractivity contribution is 5.75. The van der Waals surface area contributed by atoms with Crippen LogP contribution in [-0.2, 0) is 4.79 Å². The highest BCUT2D eigenvalue weighted by Gasteiger charge is 2.18. The van der Waals surface area contributed by atoms with Gasteiger partial charge in [-0.3, -0.25) is 4.79 Å². The number of unbranched alkanes of at least 4 members (excludes halogenated alkanes) is 1. The van der Waals surface area contributed by atoms with Crippen molar-refractivity contribution in [3.05, 3.63) is 35.6 Å². The van der Waals surface area contributed by atoms with Crippen LogP contribution in [0.15, 0.2) is 24.3 Å². The van der Waals surface area contributed by atoms with E-state index in [1.165, 1.54) is 24.3 Å². The summed E-state index contributed by atoms with van der Waals surface area (Å²) in [4.78, 5) is 11.0. The summed E-state index contributed by atoms with van der Waals surface area (Å²) < 4.78 is 12.7. The molecule has 0 bridgehead atoms. The average molecular weight is 225 g/mol. The van der Waals surface area contributed by atoms with Crippen molar-refractivity contribution in [1.29, 1.82) is 0 Å². The van der Waals surface area contributed by atoms with Crippen LogP contribution in [0.3, 0.4) is 0 Å². The first-order valence-corrected chi connectivity index (χ1v) is 5.36. The van der Waals surface area contributed by atoms with Crippen LogP contribution in [0.4, 0.5) is 4.39 Å². The summed E-state index contributed by atoms with van der Waals surface area (Å²) in [6.07, 6.45) is 1.92. The molecule has 0 aliphatic rings. The van der Waals surface area contributed by atoms with Gasteiger partial charge in [-0.05, 0) is 30.7 Å². The Hall–Kier alpha value is -1.42. The fourth-order valence-electron chi connectivity index (χ4n) is 1.43. The molecule has 0 saturated carbocycles. The molecule has 3 nitrogen and oxygen atoms in total. The first kappa shape index (κ1) is 12.6. The van der Waals surface area contributed by atoms with Gasteiger partial charge in [0.05, 0.1) is 0 Å². The van der Waals surface area contributed by atoms with Gasteiger partial charge in [0, 0.05) is 0 Å². The number of carbonyl (C=O) groups is 1. The number of halogens is 1. The molecule has 0 aliphatic heterocycles. The van der Waals surface area contributed by atoms with E-state index in [4.69, 9.17) is 5.11 Å². The van der Waals surface area contributed by atoms with Gasteiger partial charge in [-0.1, -0.05) is 25.5 Å². The zero-order valence-corrected chi connectivity index (χ0v) is 9.24. The van der Waals surface area contributed by atoms with E-state index in [1.807, 2.05) is 6.92 Å². The largest absolute Gasteiger partial charge is 0.480 e. The fourth-order valence-corrected chi connectivity index (χ4v) is 1.43. The summed E-state index contributed by atoms with van der Waals surface area (Å²) in [6.45, 7) is 2.68. The van der Waals surface area contributed by atoms with Crippen LogP contribution < -0.4 is 5.32 Å². The van der Waals surface area contributed by atoms with Gasteiger partial charge in [-0.2, -0.15) is 0 Å². The highest BCUT2D eigenvalue weighted by atomic mass is 19.1. The van der Waals surface area contributed by atoms with Crippen molar-refractivity contribution in [3.8, 4) is 0 Å². The molecule has 0 aromatic heterocycles. The number of hydrogen-bond donors (Lipinski definition) is 2.